The number of aliphatic hydroxyl groups is 1. The minimum absolute atomic E-state index is 0.0434. The van der Waals surface area contributed by atoms with E-state index in [1.54, 1.807) is 18.9 Å². The maximum absolute atomic E-state index is 10.8. The lowest BCUT2D eigenvalue weighted by Crippen LogP contribution is -2.24. The number of carboxylic acid groups (broad SMARTS) is 1. The van der Waals surface area contributed by atoms with Crippen molar-refractivity contribution in [1.82, 2.24) is 4.98 Å². The number of carbonyl (C=O) groups is 1. The average Bonchev–Trinajstić information content (AvgIpc) is 2.26. The van der Waals surface area contributed by atoms with E-state index in [1.807, 2.05) is 0 Å². The Labute approximate surface area is 99.7 Å². The molecule has 0 amide bonds. The smallest absolute Gasteiger partial charge is 0.354 e. The highest BCUT2D eigenvalue weighted by Gasteiger charge is 2.12. The summed E-state index contributed by atoms with van der Waals surface area (Å²) in [6.07, 6.45) is 0.149. The zero-order valence-corrected chi connectivity index (χ0v) is 9.92. The Hall–Kier alpha value is -1.82. The summed E-state index contributed by atoms with van der Waals surface area (Å²) in [4.78, 5) is 16.5. The second-order valence-electron chi connectivity index (χ2n) is 3.97. The lowest BCUT2D eigenvalue weighted by atomic mass is 10.2. The summed E-state index contributed by atoms with van der Waals surface area (Å²) in [5, 5.41) is 18.0. The van der Waals surface area contributed by atoms with Crippen molar-refractivity contribution in [2.45, 2.75) is 19.4 Å². The topological polar surface area (TPSA) is 99.7 Å². The second kappa shape index (κ2) is 5.49. The second-order valence-corrected chi connectivity index (χ2v) is 3.97. The van der Waals surface area contributed by atoms with E-state index in [2.05, 4.69) is 4.98 Å². The molecular formula is C11H17N3O3. The zero-order valence-electron chi connectivity index (χ0n) is 9.92. The molecule has 4 N–H and O–H groups in total. The first-order valence-electron chi connectivity index (χ1n) is 5.31. The van der Waals surface area contributed by atoms with E-state index in [-0.39, 0.29) is 5.69 Å². The highest BCUT2D eigenvalue weighted by atomic mass is 16.4. The number of carboxylic acids is 1. The van der Waals surface area contributed by atoms with Crippen molar-refractivity contribution in [2.75, 3.05) is 24.2 Å². The number of aromatic carboxylic acids is 1. The third-order valence-corrected chi connectivity index (χ3v) is 2.37. The van der Waals surface area contributed by atoms with Crippen molar-refractivity contribution >= 4 is 17.5 Å². The molecule has 6 heteroatoms. The van der Waals surface area contributed by atoms with Gasteiger partial charge in [-0.25, -0.2) is 9.78 Å². The number of hydrogen-bond acceptors (Lipinski definition) is 5. The van der Waals surface area contributed by atoms with Gasteiger partial charge in [0.2, 0.25) is 0 Å². The molecule has 1 rings (SSSR count). The Morgan fingerprint density at radius 2 is 2.24 bits per heavy atom. The van der Waals surface area contributed by atoms with Crippen LogP contribution < -0.4 is 10.6 Å². The van der Waals surface area contributed by atoms with Gasteiger partial charge in [-0.1, -0.05) is 0 Å². The predicted octanol–water partition coefficient (Wildman–Crippen LogP) is 0.569. The van der Waals surface area contributed by atoms with E-state index in [1.165, 1.54) is 12.1 Å². The molecule has 1 aromatic rings. The maximum atomic E-state index is 10.8. The number of rotatable bonds is 5. The molecule has 0 aliphatic carbocycles. The normalized spacial score (nSPS) is 12.2. The van der Waals surface area contributed by atoms with Crippen molar-refractivity contribution in [2.24, 2.45) is 0 Å². The van der Waals surface area contributed by atoms with Crippen LogP contribution in [0.1, 0.15) is 23.8 Å². The van der Waals surface area contributed by atoms with Gasteiger partial charge in [-0.3, -0.25) is 0 Å². The summed E-state index contributed by atoms with van der Waals surface area (Å²) >= 11 is 0. The molecule has 1 atom stereocenters. The molecule has 1 heterocycles. The van der Waals surface area contributed by atoms with Gasteiger partial charge in [0.25, 0.3) is 0 Å². The van der Waals surface area contributed by atoms with Crippen LogP contribution in [-0.4, -0.2) is 40.9 Å². The van der Waals surface area contributed by atoms with Gasteiger partial charge in [0.05, 0.1) is 11.8 Å². The summed E-state index contributed by atoms with van der Waals surface area (Å²) in [5.74, 6) is -0.666. The van der Waals surface area contributed by atoms with Gasteiger partial charge in [-0.15, -0.1) is 0 Å². The van der Waals surface area contributed by atoms with Crippen LogP contribution in [0.3, 0.4) is 0 Å². The van der Waals surface area contributed by atoms with Crippen molar-refractivity contribution in [3.05, 3.63) is 17.8 Å². The molecule has 0 bridgehead atoms. The number of hydrogen-bond donors (Lipinski definition) is 3. The Balaban J connectivity index is 2.87. The van der Waals surface area contributed by atoms with Crippen LogP contribution in [0.2, 0.25) is 0 Å². The van der Waals surface area contributed by atoms with Gasteiger partial charge >= 0.3 is 5.97 Å². The molecule has 0 radical (unpaired) electrons. The van der Waals surface area contributed by atoms with Crippen LogP contribution in [-0.2, 0) is 0 Å². The van der Waals surface area contributed by atoms with Crippen molar-refractivity contribution in [3.8, 4) is 0 Å². The lowest BCUT2D eigenvalue weighted by Gasteiger charge is -2.20. The largest absolute Gasteiger partial charge is 0.477 e. The van der Waals surface area contributed by atoms with E-state index >= 15 is 0 Å². The number of nitrogens with two attached hydrogens (primary N) is 1. The molecule has 0 aliphatic rings. The van der Waals surface area contributed by atoms with Gasteiger partial charge in [0.1, 0.15) is 0 Å². The van der Waals surface area contributed by atoms with Gasteiger partial charge in [-0.2, -0.15) is 0 Å². The van der Waals surface area contributed by atoms with E-state index < -0.39 is 12.1 Å². The Morgan fingerprint density at radius 1 is 1.59 bits per heavy atom. The van der Waals surface area contributed by atoms with Crippen LogP contribution in [0.15, 0.2) is 12.1 Å². The zero-order chi connectivity index (χ0) is 13.0. The van der Waals surface area contributed by atoms with Crippen LogP contribution in [0.5, 0.6) is 0 Å². The Kier molecular flexibility index (Phi) is 4.28. The van der Waals surface area contributed by atoms with Crippen LogP contribution in [0, 0.1) is 0 Å². The minimum Gasteiger partial charge on any atom is -0.477 e. The number of pyridine rings is 1. The first-order valence-corrected chi connectivity index (χ1v) is 5.31. The Bertz CT molecular complexity index is 407. The van der Waals surface area contributed by atoms with Gasteiger partial charge in [0, 0.05) is 13.6 Å². The summed E-state index contributed by atoms with van der Waals surface area (Å²) in [6, 6.07) is 2.88. The molecule has 0 saturated heterocycles. The predicted molar refractivity (Wildman–Crippen MR) is 65.2 cm³/mol. The van der Waals surface area contributed by atoms with E-state index in [9.17, 15) is 9.90 Å². The lowest BCUT2D eigenvalue weighted by molar-refractivity contribution is 0.0690. The molecule has 0 spiro atoms. The Morgan fingerprint density at radius 3 is 2.76 bits per heavy atom. The third-order valence-electron chi connectivity index (χ3n) is 2.37. The highest BCUT2D eigenvalue weighted by molar-refractivity contribution is 5.86. The third kappa shape index (κ3) is 3.60. The summed E-state index contributed by atoms with van der Waals surface area (Å²) in [5.41, 5.74) is 6.11. The van der Waals surface area contributed by atoms with Crippen LogP contribution in [0.4, 0.5) is 11.5 Å². The fraction of sp³-hybridized carbons (Fsp3) is 0.455. The maximum Gasteiger partial charge on any atom is 0.354 e. The number of aromatic nitrogens is 1. The molecule has 94 valence electrons. The van der Waals surface area contributed by atoms with E-state index in [0.717, 1.165) is 0 Å². The summed E-state index contributed by atoms with van der Waals surface area (Å²) in [7, 11) is 1.76. The molecule has 0 saturated carbocycles. The monoisotopic (exact) mass is 239 g/mol. The van der Waals surface area contributed by atoms with Gasteiger partial charge in [-0.05, 0) is 25.5 Å². The first kappa shape index (κ1) is 13.2. The molecule has 17 heavy (non-hydrogen) atoms. The summed E-state index contributed by atoms with van der Waals surface area (Å²) < 4.78 is 0. The average molecular weight is 239 g/mol. The minimum atomic E-state index is -1.09. The number of aliphatic hydroxyl groups excluding tert-OH is 1. The quantitative estimate of drug-likeness (QED) is 0.694. The molecule has 0 fully saturated rings. The standard InChI is InChI=1S/C11H17N3O3/c1-7(15)5-6-14(2)10-8(12)3-4-9(13-10)11(16)17/h3-4,7,15H,5-6,12H2,1-2H3,(H,16,17). The SMILES string of the molecule is CC(O)CCN(C)c1nc(C(=O)O)ccc1N. The first-order chi connectivity index (χ1) is 7.91. The fourth-order valence-corrected chi connectivity index (χ4v) is 1.37. The fourth-order valence-electron chi connectivity index (χ4n) is 1.37. The van der Waals surface area contributed by atoms with Crippen molar-refractivity contribution < 1.29 is 15.0 Å². The van der Waals surface area contributed by atoms with Crippen molar-refractivity contribution in [1.29, 1.82) is 0 Å². The molecule has 0 aliphatic heterocycles. The van der Waals surface area contributed by atoms with E-state index in [0.29, 0.717) is 24.5 Å². The number of anilines is 2. The summed E-state index contributed by atoms with van der Waals surface area (Å²) in [6.45, 7) is 2.25. The number of nitrogen functional groups attached to an aromatic ring is 1. The highest BCUT2D eigenvalue weighted by Crippen LogP contribution is 2.20. The van der Waals surface area contributed by atoms with Gasteiger partial charge < -0.3 is 20.8 Å². The number of nitrogens with zero attached hydrogens (tertiary/aromatic N) is 2. The van der Waals surface area contributed by atoms with Crippen LogP contribution in [0.25, 0.3) is 0 Å². The molecule has 0 aromatic carbocycles. The molecule has 1 aromatic heterocycles. The van der Waals surface area contributed by atoms with Crippen molar-refractivity contribution in [3.63, 3.8) is 0 Å². The van der Waals surface area contributed by atoms with Gasteiger partial charge in [0.15, 0.2) is 11.5 Å². The molecule has 6 nitrogen and oxygen atoms in total. The van der Waals surface area contributed by atoms with E-state index in [4.69, 9.17) is 10.8 Å². The van der Waals surface area contributed by atoms with Crippen LogP contribution >= 0.6 is 0 Å². The molecule has 1 unspecified atom stereocenters. The molecular weight excluding hydrogens is 222 g/mol.